The van der Waals surface area contributed by atoms with Crippen molar-refractivity contribution >= 4 is 32.4 Å². The molecular formula is C22H22N2O3S. The van der Waals surface area contributed by atoms with Gasteiger partial charge in [0.2, 0.25) is 5.91 Å². The molecule has 28 heavy (non-hydrogen) atoms. The van der Waals surface area contributed by atoms with Crippen LogP contribution in [0.15, 0.2) is 65.6 Å². The number of nitrogens with one attached hydrogen (secondary N) is 1. The Hall–Kier alpha value is -2.86. The maximum atomic E-state index is 13.0. The van der Waals surface area contributed by atoms with Gasteiger partial charge >= 0.3 is 0 Å². The molecule has 1 aliphatic heterocycles. The highest BCUT2D eigenvalue weighted by Gasteiger charge is 2.36. The van der Waals surface area contributed by atoms with E-state index in [9.17, 15) is 13.2 Å². The quantitative estimate of drug-likeness (QED) is 0.716. The summed E-state index contributed by atoms with van der Waals surface area (Å²) in [6, 6.07) is 18.5. The Labute approximate surface area is 165 Å². The van der Waals surface area contributed by atoms with Gasteiger partial charge in [0.25, 0.3) is 10.0 Å². The van der Waals surface area contributed by atoms with Crippen LogP contribution in [-0.2, 0) is 21.2 Å². The number of nitrogens with zero attached hydrogens (tertiary/aromatic N) is 1. The Morgan fingerprint density at radius 3 is 2.39 bits per heavy atom. The van der Waals surface area contributed by atoms with E-state index in [1.807, 2.05) is 49.4 Å². The molecule has 1 N–H and O–H groups in total. The number of anilines is 1. The number of amides is 1. The molecule has 1 amide bonds. The number of aryl methyl sites for hydroxylation is 1. The molecule has 0 aromatic heterocycles. The summed E-state index contributed by atoms with van der Waals surface area (Å²) in [7, 11) is -3.73. The lowest BCUT2D eigenvalue weighted by Gasteiger charge is -2.20. The molecule has 3 aromatic carbocycles. The van der Waals surface area contributed by atoms with E-state index in [1.165, 1.54) is 9.87 Å². The largest absolute Gasteiger partial charge is 0.348 e. The van der Waals surface area contributed by atoms with Gasteiger partial charge in [0, 0.05) is 5.39 Å². The molecule has 6 heteroatoms. The van der Waals surface area contributed by atoms with Crippen LogP contribution < -0.4 is 9.62 Å². The summed E-state index contributed by atoms with van der Waals surface area (Å²) in [6.45, 7) is 3.75. The second-order valence-corrected chi connectivity index (χ2v) is 8.86. The lowest BCUT2D eigenvalue weighted by molar-refractivity contribution is -0.120. The standard InChI is InChI=1S/C22H22N2O3S/c1-3-16-10-12-17(13-11-16)15(2)23-21(25)14-24-19-8-4-6-18-7-5-9-20(22(18)19)28(24,26)27/h4-13,15H,3,14H2,1-2H3,(H,23,25)/t15-/m0/s1. The molecule has 0 aliphatic carbocycles. The topological polar surface area (TPSA) is 66.5 Å². The highest BCUT2D eigenvalue weighted by molar-refractivity contribution is 7.93. The summed E-state index contributed by atoms with van der Waals surface area (Å²) in [5.74, 6) is -0.333. The van der Waals surface area contributed by atoms with Gasteiger partial charge in [-0.2, -0.15) is 0 Å². The van der Waals surface area contributed by atoms with Gasteiger partial charge in [-0.15, -0.1) is 0 Å². The lowest BCUT2D eigenvalue weighted by Crippen LogP contribution is -2.39. The van der Waals surface area contributed by atoms with Crippen LogP contribution in [0.4, 0.5) is 5.69 Å². The summed E-state index contributed by atoms with van der Waals surface area (Å²) in [6.07, 6.45) is 0.958. The molecule has 1 aliphatic rings. The van der Waals surface area contributed by atoms with Crippen molar-refractivity contribution in [3.8, 4) is 0 Å². The molecule has 0 fully saturated rings. The molecule has 1 atom stereocenters. The van der Waals surface area contributed by atoms with Gasteiger partial charge < -0.3 is 5.32 Å². The first-order valence-electron chi connectivity index (χ1n) is 9.34. The van der Waals surface area contributed by atoms with Crippen LogP contribution in [0.3, 0.4) is 0 Å². The molecule has 5 nitrogen and oxygen atoms in total. The van der Waals surface area contributed by atoms with Gasteiger partial charge in [-0.3, -0.25) is 9.10 Å². The fourth-order valence-corrected chi connectivity index (χ4v) is 5.34. The third kappa shape index (κ3) is 3.03. The predicted molar refractivity (Wildman–Crippen MR) is 111 cm³/mol. The average Bonchev–Trinajstić information content (AvgIpc) is 2.91. The number of benzene rings is 3. The highest BCUT2D eigenvalue weighted by Crippen LogP contribution is 2.41. The van der Waals surface area contributed by atoms with Crippen molar-refractivity contribution < 1.29 is 13.2 Å². The number of carbonyl (C=O) groups is 1. The van der Waals surface area contributed by atoms with Gasteiger partial charge in [0.15, 0.2) is 0 Å². The van der Waals surface area contributed by atoms with Crippen LogP contribution >= 0.6 is 0 Å². The predicted octanol–water partition coefficient (Wildman–Crippen LogP) is 3.79. The maximum absolute atomic E-state index is 13.0. The zero-order chi connectivity index (χ0) is 19.9. The van der Waals surface area contributed by atoms with Crippen molar-refractivity contribution in [3.63, 3.8) is 0 Å². The van der Waals surface area contributed by atoms with E-state index in [0.717, 1.165) is 17.4 Å². The Kier molecular flexibility index (Phi) is 4.59. The summed E-state index contributed by atoms with van der Waals surface area (Å²) < 4.78 is 27.1. The monoisotopic (exact) mass is 394 g/mol. The molecule has 0 saturated heterocycles. The van der Waals surface area contributed by atoms with Crippen molar-refractivity contribution in [1.29, 1.82) is 0 Å². The summed E-state index contributed by atoms with van der Waals surface area (Å²) in [5, 5.41) is 4.45. The van der Waals surface area contributed by atoms with Crippen LogP contribution in [0.2, 0.25) is 0 Å². The zero-order valence-electron chi connectivity index (χ0n) is 15.8. The minimum atomic E-state index is -3.73. The first kappa shape index (κ1) is 18.5. The average molecular weight is 394 g/mol. The Morgan fingerprint density at radius 2 is 1.71 bits per heavy atom. The number of hydrogen-bond donors (Lipinski definition) is 1. The second kappa shape index (κ2) is 6.95. The molecule has 144 valence electrons. The zero-order valence-corrected chi connectivity index (χ0v) is 16.7. The number of hydrogen-bond acceptors (Lipinski definition) is 3. The van der Waals surface area contributed by atoms with Gasteiger partial charge in [-0.25, -0.2) is 8.42 Å². The van der Waals surface area contributed by atoms with E-state index < -0.39 is 10.0 Å². The van der Waals surface area contributed by atoms with Gasteiger partial charge in [0.1, 0.15) is 6.54 Å². The Morgan fingerprint density at radius 1 is 1.04 bits per heavy atom. The third-order valence-corrected chi connectivity index (χ3v) is 7.04. The third-order valence-electron chi connectivity index (χ3n) is 5.23. The molecule has 0 bridgehead atoms. The van der Waals surface area contributed by atoms with E-state index in [0.29, 0.717) is 11.1 Å². The first-order valence-corrected chi connectivity index (χ1v) is 10.8. The molecule has 0 saturated carbocycles. The van der Waals surface area contributed by atoms with Crippen molar-refractivity contribution in [2.75, 3.05) is 10.8 Å². The fraction of sp³-hybridized carbons (Fsp3) is 0.227. The van der Waals surface area contributed by atoms with E-state index in [-0.39, 0.29) is 23.4 Å². The van der Waals surface area contributed by atoms with Crippen LogP contribution in [0, 0.1) is 0 Å². The molecule has 4 rings (SSSR count). The molecule has 0 radical (unpaired) electrons. The molecule has 1 heterocycles. The minimum absolute atomic E-state index is 0.207. The second-order valence-electron chi connectivity index (χ2n) is 7.03. The number of carbonyl (C=O) groups excluding carboxylic acids is 1. The maximum Gasteiger partial charge on any atom is 0.265 e. The van der Waals surface area contributed by atoms with Crippen LogP contribution in [-0.4, -0.2) is 20.9 Å². The fourth-order valence-electron chi connectivity index (χ4n) is 3.67. The lowest BCUT2D eigenvalue weighted by atomic mass is 10.1. The SMILES string of the molecule is CCc1ccc([C@H](C)NC(=O)CN2c3cccc4cccc(c34)S2(=O)=O)cc1. The van der Waals surface area contributed by atoms with Gasteiger partial charge in [-0.1, -0.05) is 55.5 Å². The van der Waals surface area contributed by atoms with Crippen molar-refractivity contribution in [2.24, 2.45) is 0 Å². The van der Waals surface area contributed by atoms with Gasteiger partial charge in [-0.05, 0) is 42.0 Å². The molecule has 3 aromatic rings. The van der Waals surface area contributed by atoms with Crippen LogP contribution in [0.1, 0.15) is 31.0 Å². The van der Waals surface area contributed by atoms with Gasteiger partial charge in [0.05, 0.1) is 16.6 Å². The Balaban J connectivity index is 1.56. The molecule has 0 spiro atoms. The highest BCUT2D eigenvalue weighted by atomic mass is 32.2. The van der Waals surface area contributed by atoms with Crippen molar-refractivity contribution in [1.82, 2.24) is 5.32 Å². The van der Waals surface area contributed by atoms with E-state index >= 15 is 0 Å². The summed E-state index contributed by atoms with van der Waals surface area (Å²) >= 11 is 0. The summed E-state index contributed by atoms with van der Waals surface area (Å²) in [4.78, 5) is 12.9. The normalized spacial score (nSPS) is 15.6. The summed E-state index contributed by atoms with van der Waals surface area (Å²) in [5.41, 5.74) is 2.78. The van der Waals surface area contributed by atoms with Crippen molar-refractivity contribution in [2.45, 2.75) is 31.2 Å². The van der Waals surface area contributed by atoms with E-state index in [2.05, 4.69) is 12.2 Å². The minimum Gasteiger partial charge on any atom is -0.348 e. The van der Waals surface area contributed by atoms with Crippen LogP contribution in [0.5, 0.6) is 0 Å². The van der Waals surface area contributed by atoms with Crippen molar-refractivity contribution in [3.05, 3.63) is 71.8 Å². The number of rotatable bonds is 5. The Bertz CT molecular complexity index is 1150. The molecule has 0 unspecified atom stereocenters. The smallest absolute Gasteiger partial charge is 0.265 e. The van der Waals surface area contributed by atoms with E-state index in [1.54, 1.807) is 18.2 Å². The van der Waals surface area contributed by atoms with E-state index in [4.69, 9.17) is 0 Å². The number of sulfonamides is 1. The molecular weight excluding hydrogens is 372 g/mol. The van der Waals surface area contributed by atoms with Crippen LogP contribution in [0.25, 0.3) is 10.8 Å². The first-order chi connectivity index (χ1) is 13.4.